The molecule has 2 rings (SSSR count). The number of aryl methyl sites for hydroxylation is 2. The molecule has 22 heavy (non-hydrogen) atoms. The number of nitrogens with one attached hydrogen (secondary N) is 1. The normalized spacial score (nSPS) is 12.8. The van der Waals surface area contributed by atoms with Gasteiger partial charge in [-0.05, 0) is 38.0 Å². The van der Waals surface area contributed by atoms with Gasteiger partial charge in [0.1, 0.15) is 0 Å². The molecule has 1 atom stereocenters. The molecule has 1 amide bonds. The molecule has 0 saturated heterocycles. The Labute approximate surface area is 138 Å². The van der Waals surface area contributed by atoms with Gasteiger partial charge < -0.3 is 5.32 Å². The fraction of sp³-hybridized carbons (Fsp3) is 0.500. The Morgan fingerprint density at radius 2 is 1.77 bits per heavy atom. The third-order valence-electron chi connectivity index (χ3n) is 3.75. The first kappa shape index (κ1) is 16.8. The van der Waals surface area contributed by atoms with E-state index < -0.39 is 0 Å². The SMILES string of the molecule is CCn1c(=O)n(CC)c2cc(NC(=O)[C@H](Br)C(C)C)ccc21. The Hall–Kier alpha value is -1.56. The number of aromatic nitrogens is 2. The van der Waals surface area contributed by atoms with E-state index in [1.807, 2.05) is 45.9 Å². The highest BCUT2D eigenvalue weighted by atomic mass is 79.9. The molecule has 0 radical (unpaired) electrons. The molecule has 0 spiro atoms. The summed E-state index contributed by atoms with van der Waals surface area (Å²) < 4.78 is 3.47. The van der Waals surface area contributed by atoms with E-state index in [1.165, 1.54) is 0 Å². The van der Waals surface area contributed by atoms with Crippen molar-refractivity contribution < 1.29 is 4.79 Å². The Balaban J connectivity index is 2.43. The average molecular weight is 368 g/mol. The second-order valence-corrected chi connectivity index (χ2v) is 6.60. The molecule has 0 fully saturated rings. The third kappa shape index (κ3) is 2.97. The molecule has 5 nitrogen and oxygen atoms in total. The smallest absolute Gasteiger partial charge is 0.325 e. The molecule has 0 unspecified atom stereocenters. The molecule has 1 N–H and O–H groups in total. The van der Waals surface area contributed by atoms with Crippen LogP contribution in [0.2, 0.25) is 0 Å². The lowest BCUT2D eigenvalue weighted by molar-refractivity contribution is -0.116. The second-order valence-electron chi connectivity index (χ2n) is 5.61. The Bertz CT molecular complexity index is 746. The summed E-state index contributed by atoms with van der Waals surface area (Å²) in [6.45, 7) is 9.10. The first-order chi connectivity index (χ1) is 10.4. The first-order valence-corrected chi connectivity index (χ1v) is 8.50. The van der Waals surface area contributed by atoms with Crippen molar-refractivity contribution in [3.05, 3.63) is 28.7 Å². The van der Waals surface area contributed by atoms with Crippen LogP contribution in [-0.2, 0) is 17.9 Å². The summed E-state index contributed by atoms with van der Waals surface area (Å²) in [6.07, 6.45) is 0. The van der Waals surface area contributed by atoms with Crippen molar-refractivity contribution in [2.75, 3.05) is 5.32 Å². The van der Waals surface area contributed by atoms with E-state index in [1.54, 1.807) is 9.13 Å². The first-order valence-electron chi connectivity index (χ1n) is 7.58. The number of amides is 1. The van der Waals surface area contributed by atoms with Crippen LogP contribution in [0.3, 0.4) is 0 Å². The fourth-order valence-corrected chi connectivity index (χ4v) is 2.64. The van der Waals surface area contributed by atoms with Gasteiger partial charge in [-0.3, -0.25) is 13.9 Å². The number of alkyl halides is 1. The molecule has 0 aliphatic carbocycles. The summed E-state index contributed by atoms with van der Waals surface area (Å²) in [6, 6.07) is 5.59. The van der Waals surface area contributed by atoms with E-state index in [-0.39, 0.29) is 22.3 Å². The highest BCUT2D eigenvalue weighted by Crippen LogP contribution is 2.21. The highest BCUT2D eigenvalue weighted by molar-refractivity contribution is 9.10. The van der Waals surface area contributed by atoms with Crippen LogP contribution in [0.15, 0.2) is 23.0 Å². The van der Waals surface area contributed by atoms with Crippen LogP contribution in [0, 0.1) is 5.92 Å². The summed E-state index contributed by atoms with van der Waals surface area (Å²) in [7, 11) is 0. The monoisotopic (exact) mass is 367 g/mol. The molecule has 0 bridgehead atoms. The van der Waals surface area contributed by atoms with Gasteiger partial charge in [0.25, 0.3) is 0 Å². The van der Waals surface area contributed by atoms with Crippen molar-refractivity contribution in [1.82, 2.24) is 9.13 Å². The van der Waals surface area contributed by atoms with Crippen LogP contribution in [0.4, 0.5) is 5.69 Å². The number of nitrogens with zero attached hydrogens (tertiary/aromatic N) is 2. The summed E-state index contributed by atoms with van der Waals surface area (Å²) in [4.78, 5) is 24.2. The quantitative estimate of drug-likeness (QED) is 0.824. The lowest BCUT2D eigenvalue weighted by Crippen LogP contribution is -2.26. The summed E-state index contributed by atoms with van der Waals surface area (Å²) in [5.74, 6) is 0.133. The predicted octanol–water partition coefficient (Wildman–Crippen LogP) is 3.20. The second kappa shape index (κ2) is 6.69. The molecular weight excluding hydrogens is 346 g/mol. The van der Waals surface area contributed by atoms with Gasteiger partial charge in [0.15, 0.2) is 0 Å². The van der Waals surface area contributed by atoms with Gasteiger partial charge in [0.05, 0.1) is 15.9 Å². The third-order valence-corrected chi connectivity index (χ3v) is 5.23. The molecule has 6 heteroatoms. The highest BCUT2D eigenvalue weighted by Gasteiger charge is 2.19. The minimum atomic E-state index is -0.239. The summed E-state index contributed by atoms with van der Waals surface area (Å²) >= 11 is 3.40. The van der Waals surface area contributed by atoms with Gasteiger partial charge in [-0.1, -0.05) is 29.8 Å². The summed E-state index contributed by atoms with van der Waals surface area (Å²) in [5.41, 5.74) is 2.44. The molecule has 2 aromatic rings. The van der Waals surface area contributed by atoms with Crippen LogP contribution in [0.1, 0.15) is 27.7 Å². The lowest BCUT2D eigenvalue weighted by atomic mass is 10.1. The minimum Gasteiger partial charge on any atom is -0.325 e. The molecule has 1 aromatic heterocycles. The maximum absolute atomic E-state index is 12.3. The molecule has 0 aliphatic rings. The van der Waals surface area contributed by atoms with Crippen LogP contribution < -0.4 is 11.0 Å². The Morgan fingerprint density at radius 1 is 1.18 bits per heavy atom. The minimum absolute atomic E-state index is 0.0102. The number of hydrogen-bond donors (Lipinski definition) is 1. The van der Waals surface area contributed by atoms with Gasteiger partial charge in [0.2, 0.25) is 5.91 Å². The van der Waals surface area contributed by atoms with Gasteiger partial charge in [-0.25, -0.2) is 4.79 Å². The van der Waals surface area contributed by atoms with Crippen LogP contribution in [0.25, 0.3) is 11.0 Å². The van der Waals surface area contributed by atoms with Gasteiger partial charge in [-0.2, -0.15) is 0 Å². The van der Waals surface area contributed by atoms with E-state index in [2.05, 4.69) is 21.2 Å². The van der Waals surface area contributed by atoms with E-state index in [4.69, 9.17) is 0 Å². The number of carbonyl (C=O) groups is 1. The van der Waals surface area contributed by atoms with Gasteiger partial charge >= 0.3 is 5.69 Å². The zero-order chi connectivity index (χ0) is 16.4. The topological polar surface area (TPSA) is 56.0 Å². The van der Waals surface area contributed by atoms with Crippen molar-refractivity contribution in [1.29, 1.82) is 0 Å². The molecule has 0 aliphatic heterocycles. The zero-order valence-electron chi connectivity index (χ0n) is 13.4. The number of carbonyl (C=O) groups excluding carboxylic acids is 1. The average Bonchev–Trinajstić information content (AvgIpc) is 2.76. The van der Waals surface area contributed by atoms with E-state index in [9.17, 15) is 9.59 Å². The number of fused-ring (bicyclic) bond motifs is 1. The van der Waals surface area contributed by atoms with Crippen molar-refractivity contribution in [3.8, 4) is 0 Å². The van der Waals surface area contributed by atoms with Gasteiger partial charge in [-0.15, -0.1) is 0 Å². The standard InChI is InChI=1S/C16H22BrN3O2/c1-5-19-12-8-7-11(18-15(21)14(17)10(3)4)9-13(12)20(6-2)16(19)22/h7-10,14H,5-6H2,1-4H3,(H,18,21)/t14-/m1/s1. The predicted molar refractivity (Wildman–Crippen MR) is 93.7 cm³/mol. The number of hydrogen-bond acceptors (Lipinski definition) is 2. The maximum Gasteiger partial charge on any atom is 0.329 e. The molecule has 1 heterocycles. The fourth-order valence-electron chi connectivity index (χ4n) is 2.52. The van der Waals surface area contributed by atoms with Crippen molar-refractivity contribution in [3.63, 3.8) is 0 Å². The van der Waals surface area contributed by atoms with E-state index in [0.29, 0.717) is 18.8 Å². The van der Waals surface area contributed by atoms with Crippen LogP contribution in [-0.4, -0.2) is 19.9 Å². The number of imidazole rings is 1. The maximum atomic E-state index is 12.3. The zero-order valence-corrected chi connectivity index (χ0v) is 15.0. The summed E-state index contributed by atoms with van der Waals surface area (Å²) in [5, 5.41) is 2.90. The number of rotatable bonds is 5. The molecule has 1 aromatic carbocycles. The van der Waals surface area contributed by atoms with Crippen LogP contribution >= 0.6 is 15.9 Å². The lowest BCUT2D eigenvalue weighted by Gasteiger charge is -2.14. The largest absolute Gasteiger partial charge is 0.329 e. The van der Waals surface area contributed by atoms with E-state index in [0.717, 1.165) is 11.0 Å². The van der Waals surface area contributed by atoms with Crippen molar-refractivity contribution >= 4 is 38.6 Å². The van der Waals surface area contributed by atoms with Crippen molar-refractivity contribution in [2.24, 2.45) is 5.92 Å². The van der Waals surface area contributed by atoms with Crippen molar-refractivity contribution in [2.45, 2.75) is 45.6 Å². The molecular formula is C16H22BrN3O2. The van der Waals surface area contributed by atoms with E-state index >= 15 is 0 Å². The number of halogens is 1. The number of anilines is 1. The van der Waals surface area contributed by atoms with Gasteiger partial charge in [0, 0.05) is 18.8 Å². The number of benzene rings is 1. The Kier molecular flexibility index (Phi) is 5.11. The molecule has 120 valence electrons. The Morgan fingerprint density at radius 3 is 2.32 bits per heavy atom. The van der Waals surface area contributed by atoms with Crippen LogP contribution in [0.5, 0.6) is 0 Å². The molecule has 0 saturated carbocycles.